The monoisotopic (exact) mass is 354 g/mol. The van der Waals surface area contributed by atoms with Crippen LogP contribution >= 0.6 is 0 Å². The van der Waals surface area contributed by atoms with Gasteiger partial charge in [0.2, 0.25) is 0 Å². The number of carbonyl (C=O) groups excluding carboxylic acids is 1. The van der Waals surface area contributed by atoms with Crippen molar-refractivity contribution in [3.8, 4) is 5.75 Å². The van der Waals surface area contributed by atoms with Gasteiger partial charge in [-0.05, 0) is 24.5 Å². The van der Waals surface area contributed by atoms with Gasteiger partial charge in [0, 0.05) is 0 Å². The fraction of sp³-hybridized carbons (Fsp3) is 0.429. The fourth-order valence-electron chi connectivity index (χ4n) is 1.82. The summed E-state index contributed by atoms with van der Waals surface area (Å²) in [7, 11) is -4.86. The summed E-state index contributed by atoms with van der Waals surface area (Å²) in [4.78, 5) is 22.5. The van der Waals surface area contributed by atoms with E-state index in [0.29, 0.717) is 12.0 Å². The number of carboxylic acids is 1. The van der Waals surface area contributed by atoms with Crippen molar-refractivity contribution < 1.29 is 32.4 Å². The van der Waals surface area contributed by atoms with E-state index in [9.17, 15) is 18.0 Å². The average Bonchev–Trinajstić information content (AvgIpc) is 2.42. The number of aliphatic carboxylic acids is 1. The van der Waals surface area contributed by atoms with Crippen LogP contribution in [0.3, 0.4) is 0 Å². The first-order valence-corrected chi connectivity index (χ1v) is 8.23. The van der Waals surface area contributed by atoms with Crippen molar-refractivity contribution in [3.05, 3.63) is 29.8 Å². The number of carboxylic acid groups (broad SMARTS) is 1. The Morgan fingerprint density at radius 1 is 1.26 bits per heavy atom. The Balaban J connectivity index is 0.00000484. The van der Waals surface area contributed by atoms with Gasteiger partial charge in [-0.25, -0.2) is 0 Å². The van der Waals surface area contributed by atoms with Gasteiger partial charge in [-0.2, -0.15) is 8.42 Å². The molecular formula is C14H19NaO7S. The third kappa shape index (κ3) is 7.45. The maximum absolute atomic E-state index is 11.9. The van der Waals surface area contributed by atoms with Crippen LogP contribution in [-0.2, 0) is 26.1 Å². The average molecular weight is 354 g/mol. The van der Waals surface area contributed by atoms with E-state index in [1.807, 2.05) is 6.92 Å². The van der Waals surface area contributed by atoms with E-state index in [2.05, 4.69) is 0 Å². The maximum atomic E-state index is 11.9. The van der Waals surface area contributed by atoms with Gasteiger partial charge in [-0.15, -0.1) is 0 Å². The first kappa shape index (κ1) is 22.1. The van der Waals surface area contributed by atoms with Crippen LogP contribution < -0.4 is 4.74 Å². The summed E-state index contributed by atoms with van der Waals surface area (Å²) in [6.45, 7) is 2.00. The quantitative estimate of drug-likeness (QED) is 0.310. The molecule has 1 rings (SSSR count). The Labute approximate surface area is 157 Å². The molecule has 1 atom stereocenters. The van der Waals surface area contributed by atoms with Crippen molar-refractivity contribution in [2.24, 2.45) is 0 Å². The van der Waals surface area contributed by atoms with Gasteiger partial charge in [-0.3, -0.25) is 14.1 Å². The SMILES string of the molecule is CCCCc1ccccc1OC(=O)C(CC(=O)O)S(=O)(=O)O.[NaH]. The van der Waals surface area contributed by atoms with Crippen LogP contribution in [-0.4, -0.2) is 64.8 Å². The molecule has 0 spiro atoms. The Kier molecular flexibility index (Phi) is 9.64. The van der Waals surface area contributed by atoms with E-state index in [1.54, 1.807) is 18.2 Å². The van der Waals surface area contributed by atoms with E-state index in [-0.39, 0.29) is 35.3 Å². The van der Waals surface area contributed by atoms with Gasteiger partial charge in [0.25, 0.3) is 10.1 Å². The number of rotatable bonds is 8. The second kappa shape index (κ2) is 10.0. The van der Waals surface area contributed by atoms with Crippen LogP contribution in [0.15, 0.2) is 24.3 Å². The first-order chi connectivity index (χ1) is 10.3. The fourth-order valence-corrected chi connectivity index (χ4v) is 2.46. The number of aryl methyl sites for hydroxylation is 1. The zero-order valence-electron chi connectivity index (χ0n) is 12.1. The Bertz CT molecular complexity index is 642. The van der Waals surface area contributed by atoms with Crippen molar-refractivity contribution in [1.29, 1.82) is 0 Å². The molecule has 0 bridgehead atoms. The van der Waals surface area contributed by atoms with E-state index in [0.717, 1.165) is 12.8 Å². The second-order valence-corrected chi connectivity index (χ2v) is 6.33. The summed E-state index contributed by atoms with van der Waals surface area (Å²) < 4.78 is 36.3. The molecule has 1 aromatic carbocycles. The summed E-state index contributed by atoms with van der Waals surface area (Å²) in [6, 6.07) is 6.58. The van der Waals surface area contributed by atoms with E-state index >= 15 is 0 Å². The molecule has 124 valence electrons. The minimum atomic E-state index is -4.86. The first-order valence-electron chi connectivity index (χ1n) is 6.73. The molecule has 1 aromatic rings. The molecule has 0 saturated carbocycles. The normalized spacial score (nSPS) is 12.1. The molecule has 23 heavy (non-hydrogen) atoms. The summed E-state index contributed by atoms with van der Waals surface area (Å²) in [5, 5.41) is 6.50. The molecule has 0 amide bonds. The number of ether oxygens (including phenoxy) is 1. The number of esters is 1. The molecule has 0 fully saturated rings. The molecule has 1 unspecified atom stereocenters. The summed E-state index contributed by atoms with van der Waals surface area (Å²) in [6.07, 6.45) is 1.35. The van der Waals surface area contributed by atoms with Gasteiger partial charge in [0.15, 0.2) is 5.25 Å². The molecule has 0 aliphatic heterocycles. The van der Waals surface area contributed by atoms with E-state index in [4.69, 9.17) is 14.4 Å². The van der Waals surface area contributed by atoms with Gasteiger partial charge in [-0.1, -0.05) is 31.5 Å². The van der Waals surface area contributed by atoms with Crippen molar-refractivity contribution in [2.45, 2.75) is 37.9 Å². The Morgan fingerprint density at radius 3 is 2.39 bits per heavy atom. The molecule has 2 N–H and O–H groups in total. The zero-order chi connectivity index (χ0) is 16.8. The molecule has 0 aromatic heterocycles. The zero-order valence-corrected chi connectivity index (χ0v) is 12.9. The molecule has 0 radical (unpaired) electrons. The van der Waals surface area contributed by atoms with Crippen LogP contribution in [0.5, 0.6) is 5.75 Å². The summed E-state index contributed by atoms with van der Waals surface area (Å²) in [5.74, 6) is -2.67. The number of hydrogen-bond donors (Lipinski definition) is 2. The number of hydrogen-bond acceptors (Lipinski definition) is 5. The molecule has 0 saturated heterocycles. The molecular weight excluding hydrogens is 335 g/mol. The van der Waals surface area contributed by atoms with Gasteiger partial charge >= 0.3 is 41.5 Å². The summed E-state index contributed by atoms with van der Waals surface area (Å²) >= 11 is 0. The molecule has 0 heterocycles. The Morgan fingerprint density at radius 2 is 1.87 bits per heavy atom. The van der Waals surface area contributed by atoms with Crippen LogP contribution in [0.25, 0.3) is 0 Å². The van der Waals surface area contributed by atoms with Crippen LogP contribution in [0.1, 0.15) is 31.7 Å². The predicted molar refractivity (Wildman–Crippen MR) is 85.4 cm³/mol. The van der Waals surface area contributed by atoms with Crippen LogP contribution in [0.2, 0.25) is 0 Å². The number of benzene rings is 1. The van der Waals surface area contributed by atoms with Crippen molar-refractivity contribution in [1.82, 2.24) is 0 Å². The number of para-hydroxylation sites is 1. The van der Waals surface area contributed by atoms with Crippen molar-refractivity contribution >= 4 is 51.6 Å². The number of carbonyl (C=O) groups is 2. The molecule has 0 aliphatic carbocycles. The van der Waals surface area contributed by atoms with Crippen molar-refractivity contribution in [2.75, 3.05) is 0 Å². The van der Waals surface area contributed by atoms with Crippen LogP contribution in [0, 0.1) is 0 Å². The van der Waals surface area contributed by atoms with E-state index in [1.165, 1.54) is 6.07 Å². The van der Waals surface area contributed by atoms with Gasteiger partial charge in [0.05, 0.1) is 6.42 Å². The predicted octanol–water partition coefficient (Wildman–Crippen LogP) is 1.02. The van der Waals surface area contributed by atoms with Gasteiger partial charge in [0.1, 0.15) is 5.75 Å². The molecule has 7 nitrogen and oxygen atoms in total. The number of unbranched alkanes of at least 4 members (excludes halogenated alkanes) is 1. The van der Waals surface area contributed by atoms with Gasteiger partial charge < -0.3 is 9.84 Å². The van der Waals surface area contributed by atoms with Crippen LogP contribution in [0.4, 0.5) is 0 Å². The third-order valence-corrected chi connectivity index (χ3v) is 4.04. The minimum absolute atomic E-state index is 0. The third-order valence-electron chi connectivity index (χ3n) is 2.97. The molecule has 9 heteroatoms. The molecule has 0 aliphatic rings. The van der Waals surface area contributed by atoms with Crippen molar-refractivity contribution in [3.63, 3.8) is 0 Å². The second-order valence-electron chi connectivity index (χ2n) is 4.73. The van der Waals surface area contributed by atoms with E-state index < -0.39 is 33.7 Å². The topological polar surface area (TPSA) is 118 Å². The summed E-state index contributed by atoms with van der Waals surface area (Å²) in [5.41, 5.74) is 0.710. The standard InChI is InChI=1S/C14H18O7S.Na.H/c1-2-3-6-10-7-4-5-8-11(10)21-14(17)12(9-13(15)16)22(18,19)20;;/h4-5,7-8,12H,2-3,6,9H2,1H3,(H,15,16)(H,18,19,20);;. The Hall–Kier alpha value is -0.930.